The number of rotatable bonds is 9. The van der Waals surface area contributed by atoms with Crippen LogP contribution in [0.5, 0.6) is 0 Å². The van der Waals surface area contributed by atoms with Crippen molar-refractivity contribution in [2.45, 2.75) is 18.9 Å². The molecule has 5 nitrogen and oxygen atoms in total. The maximum absolute atomic E-state index is 12.9. The summed E-state index contributed by atoms with van der Waals surface area (Å²) in [5, 5.41) is 6.43. The van der Waals surface area contributed by atoms with Gasteiger partial charge < -0.3 is 10.6 Å². The van der Waals surface area contributed by atoms with Gasteiger partial charge in [-0.3, -0.25) is 14.8 Å². The Morgan fingerprint density at radius 1 is 0.893 bits per heavy atom. The van der Waals surface area contributed by atoms with Crippen molar-refractivity contribution in [2.24, 2.45) is 0 Å². The number of hydrogen-bond donors (Lipinski definition) is 2. The number of halogens is 1. The number of carbonyl (C=O) groups is 1. The third-order valence-electron chi connectivity index (χ3n) is 4.41. The lowest BCUT2D eigenvalue weighted by atomic mass is 10.1. The lowest BCUT2D eigenvalue weighted by Crippen LogP contribution is -2.39. The standard InChI is InChI=1S/C22H23BrN4O/c23-20-5-3-19(4-6-20)21(26-14-10-18-2-1-11-25-16-18)22(28)27-15-9-17-7-12-24-13-8-17/h1-8,11-13,16,21,26H,9-10,14-15H2,(H,27,28). The molecular formula is C22H23BrN4O. The van der Waals surface area contributed by atoms with E-state index in [4.69, 9.17) is 0 Å². The predicted octanol–water partition coefficient (Wildman–Crippen LogP) is 3.47. The van der Waals surface area contributed by atoms with Crippen LogP contribution in [0.2, 0.25) is 0 Å². The van der Waals surface area contributed by atoms with Crippen molar-refractivity contribution in [1.82, 2.24) is 20.6 Å². The normalized spacial score (nSPS) is 11.8. The molecule has 2 N–H and O–H groups in total. The van der Waals surface area contributed by atoms with Crippen molar-refractivity contribution in [3.8, 4) is 0 Å². The van der Waals surface area contributed by atoms with E-state index in [-0.39, 0.29) is 5.91 Å². The molecule has 144 valence electrons. The summed E-state index contributed by atoms with van der Waals surface area (Å²) in [6.07, 6.45) is 8.73. The zero-order valence-electron chi connectivity index (χ0n) is 15.5. The fourth-order valence-corrected chi connectivity index (χ4v) is 3.17. The number of benzene rings is 1. The van der Waals surface area contributed by atoms with Gasteiger partial charge >= 0.3 is 0 Å². The second kappa shape index (κ2) is 10.7. The minimum atomic E-state index is -0.401. The monoisotopic (exact) mass is 438 g/mol. The molecule has 0 aliphatic heterocycles. The van der Waals surface area contributed by atoms with Gasteiger partial charge in [-0.05, 0) is 59.9 Å². The summed E-state index contributed by atoms with van der Waals surface area (Å²) < 4.78 is 0.989. The topological polar surface area (TPSA) is 66.9 Å². The summed E-state index contributed by atoms with van der Waals surface area (Å²) in [5.41, 5.74) is 3.23. The molecule has 6 heteroatoms. The van der Waals surface area contributed by atoms with Crippen molar-refractivity contribution in [2.75, 3.05) is 13.1 Å². The molecule has 3 rings (SSSR count). The first-order valence-electron chi connectivity index (χ1n) is 9.27. The highest BCUT2D eigenvalue weighted by Gasteiger charge is 2.19. The summed E-state index contributed by atoms with van der Waals surface area (Å²) >= 11 is 3.45. The third kappa shape index (κ3) is 6.25. The highest BCUT2D eigenvalue weighted by Crippen LogP contribution is 2.17. The molecule has 1 unspecified atom stereocenters. The first kappa shape index (κ1) is 20.2. The molecule has 28 heavy (non-hydrogen) atoms. The van der Waals surface area contributed by atoms with Crippen LogP contribution < -0.4 is 10.6 Å². The summed E-state index contributed by atoms with van der Waals surface area (Å²) in [6.45, 7) is 1.27. The Bertz CT molecular complexity index is 857. The van der Waals surface area contributed by atoms with Crippen LogP contribution in [-0.2, 0) is 17.6 Å². The summed E-state index contributed by atoms with van der Waals surface area (Å²) in [7, 11) is 0. The van der Waals surface area contributed by atoms with Crippen molar-refractivity contribution in [1.29, 1.82) is 0 Å². The van der Waals surface area contributed by atoms with Gasteiger partial charge in [0, 0.05) is 42.3 Å². The highest BCUT2D eigenvalue weighted by atomic mass is 79.9. The maximum atomic E-state index is 12.9. The molecule has 1 aromatic carbocycles. The molecule has 3 aromatic rings. The van der Waals surface area contributed by atoms with E-state index in [1.807, 2.05) is 54.7 Å². The van der Waals surface area contributed by atoms with Gasteiger partial charge in [0.1, 0.15) is 6.04 Å². The maximum Gasteiger partial charge on any atom is 0.241 e. The molecule has 0 radical (unpaired) electrons. The minimum absolute atomic E-state index is 0.0254. The van der Waals surface area contributed by atoms with E-state index in [1.54, 1.807) is 18.6 Å². The van der Waals surface area contributed by atoms with Gasteiger partial charge in [0.25, 0.3) is 0 Å². The number of aromatic nitrogens is 2. The highest BCUT2D eigenvalue weighted by molar-refractivity contribution is 9.10. The van der Waals surface area contributed by atoms with E-state index in [0.717, 1.165) is 34.0 Å². The van der Waals surface area contributed by atoms with Gasteiger partial charge in [-0.15, -0.1) is 0 Å². The molecule has 1 atom stereocenters. The van der Waals surface area contributed by atoms with E-state index in [2.05, 4.69) is 36.5 Å². The Kier molecular flexibility index (Phi) is 7.70. The van der Waals surface area contributed by atoms with Gasteiger partial charge in [-0.2, -0.15) is 0 Å². The molecule has 2 aromatic heterocycles. The molecule has 2 heterocycles. The number of nitrogens with zero attached hydrogens (tertiary/aromatic N) is 2. The van der Waals surface area contributed by atoms with E-state index in [9.17, 15) is 4.79 Å². The van der Waals surface area contributed by atoms with Gasteiger partial charge in [0.2, 0.25) is 5.91 Å². The molecule has 0 spiro atoms. The largest absolute Gasteiger partial charge is 0.354 e. The SMILES string of the molecule is O=C(NCCc1ccncc1)C(NCCc1cccnc1)c1ccc(Br)cc1. The second-order valence-electron chi connectivity index (χ2n) is 6.45. The first-order valence-corrected chi connectivity index (χ1v) is 10.1. The Balaban J connectivity index is 1.59. The third-order valence-corrected chi connectivity index (χ3v) is 4.94. The van der Waals surface area contributed by atoms with Crippen LogP contribution in [0, 0.1) is 0 Å². The fourth-order valence-electron chi connectivity index (χ4n) is 2.91. The molecule has 0 saturated carbocycles. The quantitative estimate of drug-likeness (QED) is 0.536. The van der Waals surface area contributed by atoms with E-state index < -0.39 is 6.04 Å². The lowest BCUT2D eigenvalue weighted by molar-refractivity contribution is -0.123. The van der Waals surface area contributed by atoms with E-state index in [1.165, 1.54) is 0 Å². The number of carbonyl (C=O) groups excluding carboxylic acids is 1. The van der Waals surface area contributed by atoms with Crippen LogP contribution in [0.1, 0.15) is 22.7 Å². The average molecular weight is 439 g/mol. The Labute approximate surface area is 173 Å². The van der Waals surface area contributed by atoms with Gasteiger partial charge in [0.05, 0.1) is 0 Å². The molecule has 0 bridgehead atoms. The van der Waals surface area contributed by atoms with Crippen molar-refractivity contribution < 1.29 is 4.79 Å². The summed E-state index contributed by atoms with van der Waals surface area (Å²) in [6, 6.07) is 15.3. The van der Waals surface area contributed by atoms with Crippen molar-refractivity contribution >= 4 is 21.8 Å². The van der Waals surface area contributed by atoms with Crippen LogP contribution in [-0.4, -0.2) is 29.0 Å². The van der Waals surface area contributed by atoms with E-state index in [0.29, 0.717) is 13.1 Å². The Morgan fingerprint density at radius 2 is 1.64 bits per heavy atom. The lowest BCUT2D eigenvalue weighted by Gasteiger charge is -2.19. The Hall–Kier alpha value is -2.57. The molecular weight excluding hydrogens is 416 g/mol. The smallest absolute Gasteiger partial charge is 0.241 e. The number of hydrogen-bond acceptors (Lipinski definition) is 4. The van der Waals surface area contributed by atoms with Crippen molar-refractivity contribution in [3.05, 3.63) is 94.5 Å². The van der Waals surface area contributed by atoms with Gasteiger partial charge in [0.15, 0.2) is 0 Å². The fraction of sp³-hybridized carbons (Fsp3) is 0.227. The van der Waals surface area contributed by atoms with Crippen LogP contribution in [0.3, 0.4) is 0 Å². The number of amides is 1. The summed E-state index contributed by atoms with van der Waals surface area (Å²) in [5.74, 6) is -0.0254. The predicted molar refractivity (Wildman–Crippen MR) is 114 cm³/mol. The number of nitrogens with one attached hydrogen (secondary N) is 2. The number of pyridine rings is 2. The van der Waals surface area contributed by atoms with Crippen molar-refractivity contribution in [3.63, 3.8) is 0 Å². The molecule has 0 fully saturated rings. The second-order valence-corrected chi connectivity index (χ2v) is 7.36. The van der Waals surface area contributed by atoms with Crippen LogP contribution >= 0.6 is 15.9 Å². The van der Waals surface area contributed by atoms with Crippen LogP contribution in [0.4, 0.5) is 0 Å². The zero-order valence-corrected chi connectivity index (χ0v) is 17.1. The Morgan fingerprint density at radius 3 is 2.36 bits per heavy atom. The minimum Gasteiger partial charge on any atom is -0.354 e. The molecule has 0 aliphatic carbocycles. The van der Waals surface area contributed by atoms with Crippen LogP contribution in [0.15, 0.2) is 77.8 Å². The van der Waals surface area contributed by atoms with E-state index >= 15 is 0 Å². The molecule has 0 saturated heterocycles. The van der Waals surface area contributed by atoms with Gasteiger partial charge in [-0.25, -0.2) is 0 Å². The van der Waals surface area contributed by atoms with Crippen LogP contribution in [0.25, 0.3) is 0 Å². The molecule has 1 amide bonds. The van der Waals surface area contributed by atoms with Gasteiger partial charge in [-0.1, -0.05) is 34.1 Å². The molecule has 0 aliphatic rings. The summed E-state index contributed by atoms with van der Waals surface area (Å²) in [4.78, 5) is 21.0. The first-order chi connectivity index (χ1) is 13.7. The zero-order chi connectivity index (χ0) is 19.6. The average Bonchev–Trinajstić information content (AvgIpc) is 2.73.